The minimum Gasteiger partial charge on any atom is -0.339 e. The van der Waals surface area contributed by atoms with Gasteiger partial charge in [-0.05, 0) is 19.3 Å². The molecule has 0 radical (unpaired) electrons. The van der Waals surface area contributed by atoms with E-state index in [9.17, 15) is 9.59 Å². The summed E-state index contributed by atoms with van der Waals surface area (Å²) in [7, 11) is 0. The maximum absolute atomic E-state index is 12.4. The number of hydrogen-bond donors (Lipinski definition) is 0. The Bertz CT molecular complexity index is 420. The molecule has 0 aromatic rings. The van der Waals surface area contributed by atoms with Gasteiger partial charge >= 0.3 is 0 Å². The van der Waals surface area contributed by atoms with Crippen molar-refractivity contribution in [3.63, 3.8) is 0 Å². The first-order valence-electron chi connectivity index (χ1n) is 6.80. The summed E-state index contributed by atoms with van der Waals surface area (Å²) >= 11 is 0. The molecule has 2 aliphatic rings. The van der Waals surface area contributed by atoms with Crippen molar-refractivity contribution in [2.75, 3.05) is 19.6 Å². The molecule has 4 heteroatoms. The van der Waals surface area contributed by atoms with E-state index in [1.165, 1.54) is 0 Å². The summed E-state index contributed by atoms with van der Waals surface area (Å²) in [5.74, 6) is 2.64. The van der Waals surface area contributed by atoms with Gasteiger partial charge in [0.2, 0.25) is 11.8 Å². The van der Waals surface area contributed by atoms with Gasteiger partial charge in [-0.1, -0.05) is 12.0 Å². The molecule has 2 fully saturated rings. The first-order chi connectivity index (χ1) is 9.17. The number of rotatable bonds is 5. The van der Waals surface area contributed by atoms with Gasteiger partial charge in [0.15, 0.2) is 0 Å². The van der Waals surface area contributed by atoms with E-state index in [0.29, 0.717) is 38.5 Å². The van der Waals surface area contributed by atoms with Crippen molar-refractivity contribution >= 4 is 11.8 Å². The van der Waals surface area contributed by atoms with Crippen molar-refractivity contribution in [3.05, 3.63) is 12.7 Å². The number of likely N-dealkylation sites (tertiary alicyclic amines) is 1. The van der Waals surface area contributed by atoms with Crippen LogP contribution >= 0.6 is 0 Å². The van der Waals surface area contributed by atoms with Gasteiger partial charge < -0.3 is 9.80 Å². The molecule has 0 N–H and O–H groups in total. The van der Waals surface area contributed by atoms with Gasteiger partial charge in [0.05, 0.1) is 12.5 Å². The predicted molar refractivity (Wildman–Crippen MR) is 73.1 cm³/mol. The standard InChI is InChI=1S/C15H20N2O2/c1-3-9-16(10-4-2)15(19)12-5-8-14(18)17(11-12)13-6-7-13/h1,4,12-13H,2,5-11H2/t12-/m1/s1. The molecule has 19 heavy (non-hydrogen) atoms. The van der Waals surface area contributed by atoms with Crippen LogP contribution in [0.15, 0.2) is 12.7 Å². The van der Waals surface area contributed by atoms with E-state index in [0.717, 1.165) is 12.8 Å². The molecular formula is C15H20N2O2. The van der Waals surface area contributed by atoms with Crippen LogP contribution in [0.2, 0.25) is 0 Å². The molecule has 102 valence electrons. The molecule has 0 aromatic carbocycles. The quantitative estimate of drug-likeness (QED) is 0.547. The number of hydrogen-bond acceptors (Lipinski definition) is 2. The molecule has 2 amide bonds. The molecule has 4 nitrogen and oxygen atoms in total. The molecule has 1 aliphatic carbocycles. The zero-order valence-corrected chi connectivity index (χ0v) is 11.2. The maximum atomic E-state index is 12.4. The summed E-state index contributed by atoms with van der Waals surface area (Å²) in [5, 5.41) is 0. The van der Waals surface area contributed by atoms with Crippen LogP contribution in [0.4, 0.5) is 0 Å². The lowest BCUT2D eigenvalue weighted by molar-refractivity contribution is -0.142. The molecule has 0 unspecified atom stereocenters. The predicted octanol–water partition coefficient (Wildman–Crippen LogP) is 1.04. The third-order valence-electron chi connectivity index (χ3n) is 3.72. The Labute approximate surface area is 114 Å². The van der Waals surface area contributed by atoms with Gasteiger partial charge in [-0.2, -0.15) is 0 Å². The number of nitrogens with zero attached hydrogens (tertiary/aromatic N) is 2. The normalized spacial score (nSPS) is 22.8. The summed E-state index contributed by atoms with van der Waals surface area (Å²) in [5.41, 5.74) is 0. The Morgan fingerprint density at radius 1 is 1.53 bits per heavy atom. The van der Waals surface area contributed by atoms with Crippen molar-refractivity contribution in [1.82, 2.24) is 9.80 Å². The summed E-state index contributed by atoms with van der Waals surface area (Å²) in [4.78, 5) is 27.8. The SMILES string of the molecule is C#CCN(CC=C)C(=O)[C@@H]1CCC(=O)N(C2CC2)C1. The van der Waals surface area contributed by atoms with Gasteiger partial charge in [-0.15, -0.1) is 13.0 Å². The maximum Gasteiger partial charge on any atom is 0.228 e. The van der Waals surface area contributed by atoms with E-state index < -0.39 is 0 Å². The number of piperidine rings is 1. The van der Waals surface area contributed by atoms with Crippen LogP contribution in [0.25, 0.3) is 0 Å². The minimum atomic E-state index is -0.105. The van der Waals surface area contributed by atoms with Crippen LogP contribution in [-0.2, 0) is 9.59 Å². The summed E-state index contributed by atoms with van der Waals surface area (Å²) < 4.78 is 0. The van der Waals surface area contributed by atoms with Crippen LogP contribution < -0.4 is 0 Å². The zero-order valence-electron chi connectivity index (χ0n) is 11.2. The average molecular weight is 260 g/mol. The smallest absolute Gasteiger partial charge is 0.228 e. The van der Waals surface area contributed by atoms with E-state index >= 15 is 0 Å². The lowest BCUT2D eigenvalue weighted by atomic mass is 9.95. The van der Waals surface area contributed by atoms with E-state index in [-0.39, 0.29) is 17.7 Å². The highest BCUT2D eigenvalue weighted by Gasteiger charge is 2.39. The van der Waals surface area contributed by atoms with Crippen molar-refractivity contribution in [2.24, 2.45) is 5.92 Å². The fourth-order valence-corrected chi connectivity index (χ4v) is 2.57. The second-order valence-electron chi connectivity index (χ2n) is 5.22. The van der Waals surface area contributed by atoms with Crippen molar-refractivity contribution in [3.8, 4) is 12.3 Å². The second kappa shape index (κ2) is 5.92. The Kier molecular flexibility index (Phi) is 4.26. The van der Waals surface area contributed by atoms with Gasteiger partial charge in [0.1, 0.15) is 0 Å². The van der Waals surface area contributed by atoms with Crippen LogP contribution in [0.3, 0.4) is 0 Å². The number of terminal acetylenes is 1. The molecule has 1 atom stereocenters. The van der Waals surface area contributed by atoms with Gasteiger partial charge in [-0.3, -0.25) is 9.59 Å². The van der Waals surface area contributed by atoms with Gasteiger partial charge in [-0.25, -0.2) is 0 Å². The van der Waals surface area contributed by atoms with Gasteiger partial charge in [0, 0.05) is 25.6 Å². The average Bonchev–Trinajstić information content (AvgIpc) is 3.22. The van der Waals surface area contributed by atoms with Crippen molar-refractivity contribution in [1.29, 1.82) is 0 Å². The van der Waals surface area contributed by atoms with Crippen molar-refractivity contribution < 1.29 is 9.59 Å². The van der Waals surface area contributed by atoms with E-state index in [4.69, 9.17) is 6.42 Å². The molecule has 1 saturated heterocycles. The molecule has 1 saturated carbocycles. The summed E-state index contributed by atoms with van der Waals surface area (Å²) in [6.45, 7) is 4.98. The lowest BCUT2D eigenvalue weighted by Crippen LogP contribution is -2.48. The van der Waals surface area contributed by atoms with E-state index in [1.807, 2.05) is 4.90 Å². The monoisotopic (exact) mass is 260 g/mol. The molecule has 1 heterocycles. The highest BCUT2D eigenvalue weighted by Crippen LogP contribution is 2.32. The van der Waals surface area contributed by atoms with Crippen LogP contribution in [0, 0.1) is 18.3 Å². The number of carbonyl (C=O) groups excluding carboxylic acids is 2. The topological polar surface area (TPSA) is 40.6 Å². The minimum absolute atomic E-state index is 0.0519. The molecule has 0 aromatic heterocycles. The second-order valence-corrected chi connectivity index (χ2v) is 5.22. The van der Waals surface area contributed by atoms with E-state index in [2.05, 4.69) is 12.5 Å². The Balaban J connectivity index is 1.99. The fourth-order valence-electron chi connectivity index (χ4n) is 2.57. The first kappa shape index (κ1) is 13.7. The largest absolute Gasteiger partial charge is 0.339 e. The summed E-state index contributed by atoms with van der Waals surface area (Å²) in [6, 6.07) is 0.378. The molecule has 0 bridgehead atoms. The van der Waals surface area contributed by atoms with Gasteiger partial charge in [0.25, 0.3) is 0 Å². The fraction of sp³-hybridized carbons (Fsp3) is 0.600. The third kappa shape index (κ3) is 3.17. The molecular weight excluding hydrogens is 240 g/mol. The van der Waals surface area contributed by atoms with Crippen LogP contribution in [0.1, 0.15) is 25.7 Å². The Morgan fingerprint density at radius 2 is 2.26 bits per heavy atom. The highest BCUT2D eigenvalue weighted by molar-refractivity contribution is 5.84. The van der Waals surface area contributed by atoms with Crippen LogP contribution in [0.5, 0.6) is 0 Å². The first-order valence-corrected chi connectivity index (χ1v) is 6.80. The Hall–Kier alpha value is -1.76. The van der Waals surface area contributed by atoms with E-state index in [1.54, 1.807) is 11.0 Å². The highest BCUT2D eigenvalue weighted by atomic mass is 16.2. The molecule has 0 spiro atoms. The number of amides is 2. The summed E-state index contributed by atoms with van der Waals surface area (Å²) in [6.07, 6.45) is 10.2. The third-order valence-corrected chi connectivity index (χ3v) is 3.72. The van der Waals surface area contributed by atoms with Crippen LogP contribution in [-0.4, -0.2) is 47.3 Å². The van der Waals surface area contributed by atoms with Crippen molar-refractivity contribution in [2.45, 2.75) is 31.7 Å². The lowest BCUT2D eigenvalue weighted by Gasteiger charge is -2.34. The molecule has 1 aliphatic heterocycles. The molecule has 2 rings (SSSR count). The Morgan fingerprint density at radius 3 is 2.84 bits per heavy atom. The zero-order chi connectivity index (χ0) is 13.8. The number of carbonyl (C=O) groups is 2.